The van der Waals surface area contributed by atoms with Gasteiger partial charge in [-0.2, -0.15) is 0 Å². The number of fused-ring (bicyclic) bond motifs is 2. The second kappa shape index (κ2) is 8.74. The Bertz CT molecular complexity index is 1360. The number of halogens is 2. The first-order chi connectivity index (χ1) is 17.4. The zero-order chi connectivity index (χ0) is 25.0. The zero-order valence-electron chi connectivity index (χ0n) is 19.7. The minimum absolute atomic E-state index is 0.0347. The highest BCUT2D eigenvalue weighted by molar-refractivity contribution is 5.99. The van der Waals surface area contributed by atoms with Crippen molar-refractivity contribution in [1.82, 2.24) is 14.9 Å². The van der Waals surface area contributed by atoms with E-state index in [4.69, 9.17) is 15.2 Å². The van der Waals surface area contributed by atoms with Crippen LogP contribution < -0.4 is 21.1 Å². The number of aromatic nitrogens is 2. The number of nitrogen functional groups attached to an aromatic ring is 1. The van der Waals surface area contributed by atoms with Crippen LogP contribution in [0, 0.1) is 12.7 Å². The molecule has 11 heteroatoms. The van der Waals surface area contributed by atoms with E-state index in [2.05, 4.69) is 25.5 Å². The molecule has 188 valence electrons. The van der Waals surface area contributed by atoms with Gasteiger partial charge >= 0.3 is 6.09 Å². The lowest BCUT2D eigenvalue weighted by Crippen LogP contribution is -2.59. The van der Waals surface area contributed by atoms with E-state index in [0.29, 0.717) is 66.9 Å². The van der Waals surface area contributed by atoms with Crippen molar-refractivity contribution in [2.45, 2.75) is 38.1 Å². The van der Waals surface area contributed by atoms with E-state index in [1.807, 2.05) is 6.92 Å². The Morgan fingerprint density at radius 2 is 2.06 bits per heavy atom. The maximum Gasteiger partial charge on any atom is 0.413 e. The second-order valence-corrected chi connectivity index (χ2v) is 9.52. The van der Waals surface area contributed by atoms with E-state index >= 15 is 4.39 Å². The van der Waals surface area contributed by atoms with Gasteiger partial charge in [0, 0.05) is 67.4 Å². The number of carbonyl (C=O) groups is 1. The fourth-order valence-corrected chi connectivity index (χ4v) is 5.03. The number of ether oxygens (including phenoxy) is 2. The smallest absolute Gasteiger partial charge is 0.413 e. The topological polar surface area (TPSA) is 115 Å². The van der Waals surface area contributed by atoms with E-state index in [1.54, 1.807) is 18.3 Å². The Kier molecular flexibility index (Phi) is 5.51. The minimum Gasteiger partial charge on any atom is -0.474 e. The second-order valence-electron chi connectivity index (χ2n) is 9.52. The molecule has 6 rings (SSSR count). The number of alkyl halides is 1. The van der Waals surface area contributed by atoms with E-state index in [1.165, 1.54) is 6.20 Å². The first-order valence-corrected chi connectivity index (χ1v) is 12.0. The molecule has 1 aliphatic carbocycles. The molecule has 4 N–H and O–H groups in total. The fraction of sp³-hybridized carbons (Fsp3) is 0.400. The number of amides is 1. The summed E-state index contributed by atoms with van der Waals surface area (Å²) in [6.07, 6.45) is 2.82. The summed E-state index contributed by atoms with van der Waals surface area (Å²) in [4.78, 5) is 23.0. The van der Waals surface area contributed by atoms with Crippen molar-refractivity contribution < 1.29 is 23.0 Å². The largest absolute Gasteiger partial charge is 0.474 e. The molecule has 0 unspecified atom stereocenters. The first kappa shape index (κ1) is 22.7. The van der Waals surface area contributed by atoms with E-state index in [0.717, 1.165) is 11.3 Å². The number of rotatable bonds is 4. The number of benzene rings is 1. The number of hydrogen-bond donors (Lipinski definition) is 3. The molecule has 9 nitrogen and oxygen atoms in total. The van der Waals surface area contributed by atoms with Crippen LogP contribution in [0.15, 0.2) is 24.5 Å². The van der Waals surface area contributed by atoms with Crippen LogP contribution in [0.25, 0.3) is 21.9 Å². The molecule has 1 saturated carbocycles. The highest BCUT2D eigenvalue weighted by atomic mass is 19.1. The molecular weight excluding hydrogens is 470 g/mol. The number of carbonyl (C=O) groups excluding carboxylic acids is 1. The lowest BCUT2D eigenvalue weighted by atomic mass is 9.86. The molecule has 2 fully saturated rings. The molecule has 2 aromatic heterocycles. The molecule has 36 heavy (non-hydrogen) atoms. The number of nitrogens with zero attached hydrogens (tertiary/aromatic N) is 3. The molecule has 3 aliphatic rings. The average Bonchev–Trinajstić information content (AvgIpc) is 2.82. The number of likely N-dealkylation sites (tertiary alicyclic amines) is 1. The summed E-state index contributed by atoms with van der Waals surface area (Å²) in [7, 11) is 0. The van der Waals surface area contributed by atoms with Crippen molar-refractivity contribution in [3.63, 3.8) is 0 Å². The van der Waals surface area contributed by atoms with Crippen LogP contribution in [-0.2, 0) is 4.74 Å². The lowest BCUT2D eigenvalue weighted by Gasteiger charge is -2.47. The summed E-state index contributed by atoms with van der Waals surface area (Å²) in [5, 5.41) is 6.93. The van der Waals surface area contributed by atoms with Crippen molar-refractivity contribution in [3.8, 4) is 17.0 Å². The third kappa shape index (κ3) is 3.93. The summed E-state index contributed by atoms with van der Waals surface area (Å²) in [6.45, 7) is 3.94. The summed E-state index contributed by atoms with van der Waals surface area (Å²) >= 11 is 0. The molecule has 4 heterocycles. The Hall–Kier alpha value is -3.73. The molecule has 1 aromatic carbocycles. The van der Waals surface area contributed by atoms with Gasteiger partial charge in [-0.25, -0.2) is 23.5 Å². The number of pyridine rings is 2. The van der Waals surface area contributed by atoms with Gasteiger partial charge in [0.25, 0.3) is 0 Å². The van der Waals surface area contributed by atoms with Gasteiger partial charge in [0.2, 0.25) is 5.88 Å². The van der Waals surface area contributed by atoms with Gasteiger partial charge in [0.15, 0.2) is 5.82 Å². The molecule has 1 saturated heterocycles. The van der Waals surface area contributed by atoms with Crippen molar-refractivity contribution in [2.24, 2.45) is 0 Å². The van der Waals surface area contributed by atoms with E-state index < -0.39 is 18.1 Å². The average molecular weight is 497 g/mol. The minimum atomic E-state index is -0.742. The third-order valence-electron chi connectivity index (χ3n) is 7.19. The highest BCUT2D eigenvalue weighted by Crippen LogP contribution is 2.39. The van der Waals surface area contributed by atoms with Gasteiger partial charge in [-0.1, -0.05) is 0 Å². The van der Waals surface area contributed by atoms with Crippen LogP contribution in [0.5, 0.6) is 5.88 Å². The van der Waals surface area contributed by atoms with Gasteiger partial charge in [-0.3, -0.25) is 10.2 Å². The van der Waals surface area contributed by atoms with Gasteiger partial charge < -0.3 is 20.5 Å². The molecule has 0 radical (unpaired) electrons. The Balaban J connectivity index is 1.21. The highest BCUT2D eigenvalue weighted by Gasteiger charge is 2.41. The van der Waals surface area contributed by atoms with Gasteiger partial charge in [0.1, 0.15) is 30.4 Å². The molecule has 0 bridgehead atoms. The third-order valence-corrected chi connectivity index (χ3v) is 7.19. The lowest BCUT2D eigenvalue weighted by molar-refractivity contribution is -0.0575. The quantitative estimate of drug-likeness (QED) is 0.467. The monoisotopic (exact) mass is 496 g/mol. The maximum atomic E-state index is 15.3. The standard InChI is InChI=1S/C25H26F2N6O3/c1-12-18(8-31-24-23(12)29-2-3-35-24)17-4-13-5-20(30-9-19(13)22(28)21(17)27)32-25(34)36-16-6-15(7-16)33-10-14(26)11-33/h4-5,8-9,14-16,29H,2-3,6-7,10-11,28H2,1H3,(H,30,32,34). The predicted molar refractivity (Wildman–Crippen MR) is 131 cm³/mol. The van der Waals surface area contributed by atoms with Crippen LogP contribution in [-0.4, -0.2) is 65.5 Å². The predicted octanol–water partition coefficient (Wildman–Crippen LogP) is 3.86. The van der Waals surface area contributed by atoms with Crippen molar-refractivity contribution >= 4 is 34.1 Å². The van der Waals surface area contributed by atoms with Gasteiger partial charge in [0.05, 0.1) is 5.69 Å². The number of anilines is 3. The molecule has 0 atom stereocenters. The van der Waals surface area contributed by atoms with Crippen molar-refractivity contribution in [2.75, 3.05) is 42.6 Å². The number of hydrogen-bond acceptors (Lipinski definition) is 8. The Labute approximate surface area is 206 Å². The molecule has 3 aromatic rings. The van der Waals surface area contributed by atoms with Gasteiger partial charge in [-0.15, -0.1) is 0 Å². The SMILES string of the molecule is Cc1c(-c2cc3cc(NC(=O)OC4CC(N5CC(F)C5)C4)ncc3c(N)c2F)cnc2c1NCCO2. The van der Waals surface area contributed by atoms with Crippen molar-refractivity contribution in [1.29, 1.82) is 0 Å². The summed E-state index contributed by atoms with van der Waals surface area (Å²) < 4.78 is 39.4. The first-order valence-electron chi connectivity index (χ1n) is 12.0. The zero-order valence-corrected chi connectivity index (χ0v) is 19.7. The van der Waals surface area contributed by atoms with Crippen LogP contribution in [0.1, 0.15) is 18.4 Å². The number of nitrogens with one attached hydrogen (secondary N) is 2. The van der Waals surface area contributed by atoms with E-state index in [-0.39, 0.29) is 23.7 Å². The molecular formula is C25H26F2N6O3. The van der Waals surface area contributed by atoms with Crippen LogP contribution >= 0.6 is 0 Å². The number of nitrogens with two attached hydrogens (primary N) is 1. The Morgan fingerprint density at radius 1 is 1.25 bits per heavy atom. The van der Waals surface area contributed by atoms with Crippen LogP contribution in [0.3, 0.4) is 0 Å². The summed E-state index contributed by atoms with van der Waals surface area (Å²) in [5.74, 6) is 0.186. The molecule has 0 spiro atoms. The fourth-order valence-electron chi connectivity index (χ4n) is 5.03. The maximum absolute atomic E-state index is 15.3. The molecule has 1 amide bonds. The Morgan fingerprint density at radius 3 is 2.83 bits per heavy atom. The normalized spacial score (nSPS) is 21.5. The summed E-state index contributed by atoms with van der Waals surface area (Å²) in [6, 6.07) is 3.57. The van der Waals surface area contributed by atoms with Crippen LogP contribution in [0.4, 0.5) is 30.8 Å². The summed E-state index contributed by atoms with van der Waals surface area (Å²) in [5.41, 5.74) is 8.51. The van der Waals surface area contributed by atoms with E-state index in [9.17, 15) is 9.18 Å². The van der Waals surface area contributed by atoms with Gasteiger partial charge in [-0.05, 0) is 30.0 Å². The van der Waals surface area contributed by atoms with Crippen molar-refractivity contribution in [3.05, 3.63) is 35.9 Å². The van der Waals surface area contributed by atoms with Crippen LogP contribution in [0.2, 0.25) is 0 Å². The molecule has 2 aliphatic heterocycles.